The van der Waals surface area contributed by atoms with Crippen LogP contribution in [-0.4, -0.2) is 46.4 Å². The lowest BCUT2D eigenvalue weighted by atomic mass is 9.98. The van der Waals surface area contributed by atoms with E-state index in [1.165, 1.54) is 57.9 Å². The quantitative estimate of drug-likeness (QED) is 0.642. The van der Waals surface area contributed by atoms with Crippen molar-refractivity contribution in [1.82, 2.24) is 18.8 Å². The molecule has 0 amide bonds. The molecule has 1 aliphatic rings. The zero-order valence-electron chi connectivity index (χ0n) is 15.8. The summed E-state index contributed by atoms with van der Waals surface area (Å²) in [6, 6.07) is 6.33. The molecule has 4 rings (SSSR count). The first kappa shape index (κ1) is 20.7. The van der Waals surface area contributed by atoms with E-state index >= 15 is 0 Å². The maximum Gasteiger partial charge on any atom is 0.262 e. The third-order valence-electron chi connectivity index (χ3n) is 4.98. The molecular weight excluding hydrogens is 436 g/mol. The van der Waals surface area contributed by atoms with Crippen molar-refractivity contribution in [3.8, 4) is 0 Å². The molecule has 2 atom stereocenters. The number of aryl methyl sites for hydroxylation is 1. The van der Waals surface area contributed by atoms with Crippen LogP contribution in [0.1, 0.15) is 11.6 Å². The molecule has 0 unspecified atom stereocenters. The van der Waals surface area contributed by atoms with Gasteiger partial charge in [0.05, 0.1) is 17.0 Å². The Morgan fingerprint density at radius 2 is 1.97 bits per heavy atom. The fourth-order valence-electron chi connectivity index (χ4n) is 3.51. The molecule has 0 spiro atoms. The van der Waals surface area contributed by atoms with Gasteiger partial charge in [0, 0.05) is 50.2 Å². The summed E-state index contributed by atoms with van der Waals surface area (Å²) in [7, 11) is -2.22. The number of imidazole rings is 1. The summed E-state index contributed by atoms with van der Waals surface area (Å²) in [6.45, 7) is 0.0635. The van der Waals surface area contributed by atoms with Gasteiger partial charge in [0.15, 0.2) is 5.03 Å². The minimum atomic E-state index is -3.89. The third kappa shape index (κ3) is 3.90. The largest absolute Gasteiger partial charge is 0.380 e. The molecule has 0 aliphatic carbocycles. The van der Waals surface area contributed by atoms with Crippen LogP contribution in [0.2, 0.25) is 5.02 Å². The van der Waals surface area contributed by atoms with E-state index in [1.807, 2.05) is 0 Å². The summed E-state index contributed by atoms with van der Waals surface area (Å²) in [5.74, 6) is -1.67. The Morgan fingerprint density at radius 1 is 1.17 bits per heavy atom. The SMILES string of the molecule is Cn1cnc(S(=O)(=O)N2C[C@@H](Nc3ccc(F)c(Cl)c3)[C@H](c3ncccc3F)C2)c1. The smallest absolute Gasteiger partial charge is 0.262 e. The highest BCUT2D eigenvalue weighted by molar-refractivity contribution is 7.89. The molecule has 1 fully saturated rings. The van der Waals surface area contributed by atoms with E-state index in [2.05, 4.69) is 15.3 Å². The Balaban J connectivity index is 1.68. The monoisotopic (exact) mass is 453 g/mol. The minimum Gasteiger partial charge on any atom is -0.380 e. The third-order valence-corrected chi connectivity index (χ3v) is 6.99. The van der Waals surface area contributed by atoms with Crippen LogP contribution in [0.25, 0.3) is 0 Å². The zero-order chi connectivity index (χ0) is 21.5. The highest BCUT2D eigenvalue weighted by Crippen LogP contribution is 2.34. The van der Waals surface area contributed by atoms with Gasteiger partial charge in [0.1, 0.15) is 11.6 Å². The van der Waals surface area contributed by atoms with E-state index in [0.717, 1.165) is 0 Å². The van der Waals surface area contributed by atoms with E-state index in [9.17, 15) is 17.2 Å². The van der Waals surface area contributed by atoms with E-state index in [0.29, 0.717) is 5.69 Å². The number of nitrogens with one attached hydrogen (secondary N) is 1. The molecule has 0 bridgehead atoms. The predicted octanol–water partition coefficient (Wildman–Crippen LogP) is 3.02. The van der Waals surface area contributed by atoms with Crippen LogP contribution in [0.5, 0.6) is 0 Å². The van der Waals surface area contributed by atoms with Gasteiger partial charge in [-0.15, -0.1) is 0 Å². The van der Waals surface area contributed by atoms with Crippen molar-refractivity contribution in [1.29, 1.82) is 0 Å². The first-order valence-corrected chi connectivity index (χ1v) is 10.9. The molecule has 2 aromatic heterocycles. The zero-order valence-corrected chi connectivity index (χ0v) is 17.4. The van der Waals surface area contributed by atoms with E-state index < -0.39 is 33.6 Å². The first-order valence-electron chi connectivity index (χ1n) is 9.06. The lowest BCUT2D eigenvalue weighted by Crippen LogP contribution is -2.32. The van der Waals surface area contributed by atoms with Gasteiger partial charge in [0.25, 0.3) is 10.0 Å². The van der Waals surface area contributed by atoms with E-state index in [-0.39, 0.29) is 28.8 Å². The Hall–Kier alpha value is -2.56. The molecule has 7 nitrogen and oxygen atoms in total. The summed E-state index contributed by atoms with van der Waals surface area (Å²) < 4.78 is 56.8. The number of sulfonamides is 1. The second-order valence-corrected chi connectivity index (χ2v) is 9.35. The summed E-state index contributed by atoms with van der Waals surface area (Å²) >= 11 is 5.86. The highest BCUT2D eigenvalue weighted by atomic mass is 35.5. The molecule has 1 aliphatic heterocycles. The maximum atomic E-state index is 14.5. The van der Waals surface area contributed by atoms with Gasteiger partial charge < -0.3 is 9.88 Å². The number of benzene rings is 1. The second kappa shape index (κ2) is 7.93. The molecule has 3 aromatic rings. The number of hydrogen-bond donors (Lipinski definition) is 1. The minimum absolute atomic E-state index is 0.0133. The molecule has 1 saturated heterocycles. The molecule has 3 heterocycles. The Kier molecular flexibility index (Phi) is 5.48. The van der Waals surface area contributed by atoms with E-state index in [1.54, 1.807) is 7.05 Å². The molecule has 158 valence electrons. The van der Waals surface area contributed by atoms with Crippen LogP contribution in [0, 0.1) is 11.6 Å². The standard InChI is InChI=1S/C19H18ClF2N5O2S/c1-26-10-18(24-11-26)30(28,29)27-8-13(19-16(22)3-2-6-23-19)17(9-27)25-12-4-5-15(21)14(20)7-12/h2-7,10-11,13,17,25H,8-9H2,1H3/t13-,17-/m1/s1. The number of rotatable bonds is 5. The topological polar surface area (TPSA) is 80.1 Å². The normalized spacial score (nSPS) is 19.9. The van der Waals surface area contributed by atoms with Crippen LogP contribution < -0.4 is 5.32 Å². The maximum absolute atomic E-state index is 14.5. The van der Waals surface area contributed by atoms with Crippen LogP contribution in [0.3, 0.4) is 0 Å². The number of aromatic nitrogens is 3. The Labute approximate surface area is 177 Å². The van der Waals surface area contributed by atoms with Crippen LogP contribution in [0.15, 0.2) is 54.1 Å². The van der Waals surface area contributed by atoms with Crippen molar-refractivity contribution < 1.29 is 17.2 Å². The predicted molar refractivity (Wildman–Crippen MR) is 108 cm³/mol. The number of nitrogens with zero attached hydrogens (tertiary/aromatic N) is 4. The fourth-order valence-corrected chi connectivity index (χ4v) is 5.15. The van der Waals surface area contributed by atoms with Gasteiger partial charge in [-0.05, 0) is 30.3 Å². The summed E-state index contributed by atoms with van der Waals surface area (Å²) in [6.07, 6.45) is 4.27. The van der Waals surface area contributed by atoms with Crippen molar-refractivity contribution in [3.05, 3.63) is 71.4 Å². The van der Waals surface area contributed by atoms with Gasteiger partial charge in [-0.3, -0.25) is 4.98 Å². The molecule has 11 heteroatoms. The van der Waals surface area contributed by atoms with Gasteiger partial charge >= 0.3 is 0 Å². The second-order valence-electron chi connectivity index (χ2n) is 7.06. The lowest BCUT2D eigenvalue weighted by molar-refractivity contribution is 0.466. The lowest BCUT2D eigenvalue weighted by Gasteiger charge is -2.21. The van der Waals surface area contributed by atoms with E-state index in [4.69, 9.17) is 11.6 Å². The van der Waals surface area contributed by atoms with Gasteiger partial charge in [0.2, 0.25) is 0 Å². The summed E-state index contributed by atoms with van der Waals surface area (Å²) in [4.78, 5) is 8.08. The number of pyridine rings is 1. The molecule has 0 radical (unpaired) electrons. The Bertz CT molecular complexity index is 1190. The van der Waals surface area contributed by atoms with Crippen LogP contribution in [-0.2, 0) is 17.1 Å². The average molecular weight is 454 g/mol. The average Bonchev–Trinajstić information content (AvgIpc) is 3.32. The van der Waals surface area contributed by atoms with Crippen LogP contribution in [0.4, 0.5) is 14.5 Å². The van der Waals surface area contributed by atoms with Crippen molar-refractivity contribution in [3.63, 3.8) is 0 Å². The van der Waals surface area contributed by atoms with Gasteiger partial charge in [-0.2, -0.15) is 4.31 Å². The van der Waals surface area contributed by atoms with Gasteiger partial charge in [-0.25, -0.2) is 22.2 Å². The van der Waals surface area contributed by atoms with Crippen LogP contribution >= 0.6 is 11.6 Å². The highest BCUT2D eigenvalue weighted by Gasteiger charge is 2.42. The summed E-state index contributed by atoms with van der Waals surface area (Å²) in [5, 5.41) is 2.99. The van der Waals surface area contributed by atoms with Crippen molar-refractivity contribution in [2.45, 2.75) is 17.0 Å². The number of anilines is 1. The van der Waals surface area contributed by atoms with Gasteiger partial charge in [-0.1, -0.05) is 11.6 Å². The van der Waals surface area contributed by atoms with Crippen molar-refractivity contribution >= 4 is 27.3 Å². The number of hydrogen-bond acceptors (Lipinski definition) is 5. The summed E-state index contributed by atoms with van der Waals surface area (Å²) in [5.41, 5.74) is 0.645. The number of halogens is 3. The molecule has 0 saturated carbocycles. The molecule has 30 heavy (non-hydrogen) atoms. The molecule has 1 aromatic carbocycles. The fraction of sp³-hybridized carbons (Fsp3) is 0.263. The first-order chi connectivity index (χ1) is 14.3. The Morgan fingerprint density at radius 3 is 2.63 bits per heavy atom. The molecule has 1 N–H and O–H groups in total. The molecular formula is C19H18ClF2N5O2S. The van der Waals surface area contributed by atoms with Crippen molar-refractivity contribution in [2.24, 2.45) is 7.05 Å². The van der Waals surface area contributed by atoms with Crippen molar-refractivity contribution in [2.75, 3.05) is 18.4 Å².